The minimum atomic E-state index is 0.102. The van der Waals surface area contributed by atoms with Gasteiger partial charge in [-0.1, -0.05) is 25.8 Å². The zero-order valence-corrected chi connectivity index (χ0v) is 15.6. The lowest BCUT2D eigenvalue weighted by Crippen LogP contribution is -2.55. The second-order valence-electron chi connectivity index (χ2n) is 10.6. The summed E-state index contributed by atoms with van der Waals surface area (Å²) in [6.45, 7) is 7.76. The molecule has 5 saturated carbocycles. The van der Waals surface area contributed by atoms with Crippen molar-refractivity contribution >= 4 is 0 Å². The van der Waals surface area contributed by atoms with Gasteiger partial charge in [-0.15, -0.1) is 0 Å². The molecule has 3 heteroatoms. The fourth-order valence-electron chi connectivity index (χ4n) is 8.79. The molecule has 0 aromatic heterocycles. The van der Waals surface area contributed by atoms with Gasteiger partial charge < -0.3 is 0 Å². The lowest BCUT2D eigenvalue weighted by molar-refractivity contribution is -0.510. The topological polar surface area (TPSA) is 38.7 Å². The van der Waals surface area contributed by atoms with Gasteiger partial charge in [0.15, 0.2) is 0 Å². The van der Waals surface area contributed by atoms with Crippen molar-refractivity contribution in [2.45, 2.75) is 84.7 Å². The molecule has 0 amide bonds. The Morgan fingerprint density at radius 1 is 0.958 bits per heavy atom. The molecule has 0 aromatic carbocycles. The van der Waals surface area contributed by atoms with Gasteiger partial charge in [-0.05, 0) is 104 Å². The van der Waals surface area contributed by atoms with Crippen molar-refractivity contribution in [3.63, 3.8) is 0 Å². The van der Waals surface area contributed by atoms with Crippen LogP contribution in [0.4, 0.5) is 0 Å². The van der Waals surface area contributed by atoms with E-state index in [-0.39, 0.29) is 6.10 Å². The molecular formula is C21H34O3. The van der Waals surface area contributed by atoms with E-state index in [0.717, 1.165) is 42.4 Å². The highest BCUT2D eigenvalue weighted by Gasteiger charge is 2.73. The third-order valence-electron chi connectivity index (χ3n) is 10.4. The van der Waals surface area contributed by atoms with Gasteiger partial charge in [0.2, 0.25) is 0 Å². The van der Waals surface area contributed by atoms with Crippen molar-refractivity contribution in [3.8, 4) is 0 Å². The summed E-state index contributed by atoms with van der Waals surface area (Å²) in [5.74, 6) is 4.72. The van der Waals surface area contributed by atoms with Crippen LogP contribution in [-0.2, 0) is 9.93 Å². The molecule has 5 aliphatic rings. The van der Waals surface area contributed by atoms with Crippen LogP contribution in [0.3, 0.4) is 0 Å². The summed E-state index contributed by atoms with van der Waals surface area (Å²) in [4.78, 5) is 5.16. The Bertz CT molecular complexity index is 535. The maximum atomic E-state index is 8.70. The van der Waals surface area contributed by atoms with Crippen LogP contribution in [0.5, 0.6) is 0 Å². The first-order chi connectivity index (χ1) is 11.4. The molecule has 0 heterocycles. The Labute approximate surface area is 146 Å². The summed E-state index contributed by atoms with van der Waals surface area (Å²) in [6.07, 6.45) is 12.2. The summed E-state index contributed by atoms with van der Waals surface area (Å²) in [5, 5.41) is 12.7. The Hall–Kier alpha value is -0.120. The Kier molecular flexibility index (Phi) is 3.34. The van der Waals surface area contributed by atoms with Crippen LogP contribution in [0.2, 0.25) is 0 Å². The average Bonchev–Trinajstić information content (AvgIpc) is 3.16. The molecule has 9 atom stereocenters. The Morgan fingerprint density at radius 3 is 2.58 bits per heavy atom. The molecule has 0 radical (unpaired) electrons. The fourth-order valence-corrected chi connectivity index (χ4v) is 8.79. The normalized spacial score (nSPS) is 61.5. The monoisotopic (exact) mass is 334 g/mol. The van der Waals surface area contributed by atoms with Gasteiger partial charge in [-0.25, -0.2) is 10.1 Å². The Balaban J connectivity index is 1.45. The highest BCUT2D eigenvalue weighted by atomic mass is 17.5. The molecule has 5 fully saturated rings. The SMILES string of the molecule is C[C@H]1CC[C@@H]2C3CC4C[C@@]45C[C@@H](OOO)CC[C@]5(C)C3CC[C@@]21C. The zero-order valence-electron chi connectivity index (χ0n) is 15.6. The van der Waals surface area contributed by atoms with Crippen LogP contribution >= 0.6 is 0 Å². The maximum absolute atomic E-state index is 8.70. The summed E-state index contributed by atoms with van der Waals surface area (Å²) in [6, 6.07) is 0. The van der Waals surface area contributed by atoms with Crippen LogP contribution in [-0.4, -0.2) is 11.4 Å². The summed E-state index contributed by atoms with van der Waals surface area (Å²) in [7, 11) is 0. The minimum absolute atomic E-state index is 0.102. The minimum Gasteiger partial charge on any atom is -0.221 e. The van der Waals surface area contributed by atoms with E-state index >= 15 is 0 Å². The first-order valence-electron chi connectivity index (χ1n) is 10.4. The summed E-state index contributed by atoms with van der Waals surface area (Å²) < 4.78 is 0. The van der Waals surface area contributed by atoms with Crippen LogP contribution in [0.1, 0.15) is 78.6 Å². The van der Waals surface area contributed by atoms with Crippen molar-refractivity contribution in [1.82, 2.24) is 0 Å². The molecule has 1 spiro atoms. The second kappa shape index (κ2) is 4.98. The molecule has 0 aromatic rings. The molecule has 5 rings (SSSR count). The van der Waals surface area contributed by atoms with Gasteiger partial charge in [-0.2, -0.15) is 0 Å². The predicted octanol–water partition coefficient (Wildman–Crippen LogP) is 5.46. The number of fused-ring (bicyclic) bond motifs is 4. The molecule has 5 aliphatic carbocycles. The molecule has 24 heavy (non-hydrogen) atoms. The van der Waals surface area contributed by atoms with E-state index in [1.165, 1.54) is 44.9 Å². The summed E-state index contributed by atoms with van der Waals surface area (Å²) in [5.41, 5.74) is 1.62. The van der Waals surface area contributed by atoms with E-state index in [9.17, 15) is 0 Å². The van der Waals surface area contributed by atoms with Gasteiger partial charge in [0.05, 0.1) is 6.10 Å². The molecular weight excluding hydrogens is 300 g/mol. The molecule has 0 saturated heterocycles. The lowest BCUT2D eigenvalue weighted by Gasteiger charge is -2.61. The van der Waals surface area contributed by atoms with E-state index in [0.29, 0.717) is 16.2 Å². The van der Waals surface area contributed by atoms with Crippen molar-refractivity contribution < 1.29 is 15.2 Å². The van der Waals surface area contributed by atoms with Gasteiger partial charge in [0.25, 0.3) is 0 Å². The van der Waals surface area contributed by atoms with Crippen molar-refractivity contribution in [2.75, 3.05) is 0 Å². The number of hydrogen-bond acceptors (Lipinski definition) is 3. The van der Waals surface area contributed by atoms with Crippen LogP contribution < -0.4 is 0 Å². The number of rotatable bonds is 2. The molecule has 0 aliphatic heterocycles. The Morgan fingerprint density at radius 2 is 1.79 bits per heavy atom. The van der Waals surface area contributed by atoms with Crippen LogP contribution in [0.15, 0.2) is 0 Å². The standard InChI is InChI=1S/C21H34O3/c1-13-4-5-17-16-10-14-11-21(14)12-15(23-24-22)6-9-20(21,3)18(16)7-8-19(13,17)2/h13-18,22H,4-12H2,1-3H3/t13-,14?,15-,16?,17+,18?,19+,20+,21+/m0/s1. The molecule has 3 unspecified atom stereocenters. The third kappa shape index (κ3) is 1.80. The van der Waals surface area contributed by atoms with Gasteiger partial charge >= 0.3 is 0 Å². The molecule has 3 nitrogen and oxygen atoms in total. The van der Waals surface area contributed by atoms with Crippen molar-refractivity contribution in [3.05, 3.63) is 0 Å². The van der Waals surface area contributed by atoms with E-state index < -0.39 is 0 Å². The fraction of sp³-hybridized carbons (Fsp3) is 1.00. The smallest absolute Gasteiger partial charge is 0.0967 e. The third-order valence-corrected chi connectivity index (χ3v) is 10.4. The van der Waals surface area contributed by atoms with E-state index in [1.807, 2.05) is 0 Å². The van der Waals surface area contributed by atoms with Gasteiger partial charge in [-0.3, -0.25) is 0 Å². The average molecular weight is 335 g/mol. The highest BCUT2D eigenvalue weighted by Crippen LogP contribution is 2.80. The van der Waals surface area contributed by atoms with E-state index in [4.69, 9.17) is 10.1 Å². The lowest BCUT2D eigenvalue weighted by atomic mass is 9.44. The molecule has 0 bridgehead atoms. The van der Waals surface area contributed by atoms with Crippen LogP contribution in [0, 0.1) is 45.8 Å². The largest absolute Gasteiger partial charge is 0.221 e. The second-order valence-corrected chi connectivity index (χ2v) is 10.6. The first-order valence-corrected chi connectivity index (χ1v) is 10.4. The van der Waals surface area contributed by atoms with E-state index in [1.54, 1.807) is 0 Å². The van der Waals surface area contributed by atoms with Crippen molar-refractivity contribution in [1.29, 1.82) is 0 Å². The summed E-state index contributed by atoms with van der Waals surface area (Å²) >= 11 is 0. The first kappa shape index (κ1) is 16.1. The van der Waals surface area contributed by atoms with Crippen molar-refractivity contribution in [2.24, 2.45) is 45.8 Å². The van der Waals surface area contributed by atoms with E-state index in [2.05, 4.69) is 25.8 Å². The number of hydrogen-bond donors (Lipinski definition) is 1. The quantitative estimate of drug-likeness (QED) is 0.538. The molecule has 136 valence electrons. The van der Waals surface area contributed by atoms with Crippen LogP contribution in [0.25, 0.3) is 0 Å². The zero-order chi connectivity index (χ0) is 16.7. The molecule has 1 N–H and O–H groups in total. The van der Waals surface area contributed by atoms with Gasteiger partial charge in [0.1, 0.15) is 0 Å². The maximum Gasteiger partial charge on any atom is 0.0967 e. The predicted molar refractivity (Wildman–Crippen MR) is 91.9 cm³/mol. The van der Waals surface area contributed by atoms with Gasteiger partial charge in [0, 0.05) is 0 Å². The highest BCUT2D eigenvalue weighted by molar-refractivity contribution is 5.22.